The lowest BCUT2D eigenvalue weighted by Gasteiger charge is -2.33. The Balaban J connectivity index is 1.55. The maximum absolute atomic E-state index is 5.71. The summed E-state index contributed by atoms with van der Waals surface area (Å²) in [4.78, 5) is 0. The van der Waals surface area contributed by atoms with E-state index in [1.54, 1.807) is 0 Å². The minimum atomic E-state index is 0.426. The zero-order chi connectivity index (χ0) is 12.4. The van der Waals surface area contributed by atoms with Crippen LogP contribution in [0.25, 0.3) is 0 Å². The number of rotatable bonds is 5. The summed E-state index contributed by atoms with van der Waals surface area (Å²) in [7, 11) is 0. The van der Waals surface area contributed by atoms with Gasteiger partial charge >= 0.3 is 0 Å². The third kappa shape index (κ3) is 2.44. The molecular formula is C15H22N2O. The van der Waals surface area contributed by atoms with Crippen molar-refractivity contribution >= 4 is 0 Å². The van der Waals surface area contributed by atoms with Gasteiger partial charge in [0.25, 0.3) is 0 Å². The van der Waals surface area contributed by atoms with Crippen molar-refractivity contribution in [2.24, 2.45) is 11.8 Å². The molecule has 1 heterocycles. The fourth-order valence-electron chi connectivity index (χ4n) is 3.32. The second-order valence-electron chi connectivity index (χ2n) is 5.66. The van der Waals surface area contributed by atoms with Crippen LogP contribution in [-0.2, 0) is 11.2 Å². The molecule has 0 radical (unpaired) electrons. The van der Waals surface area contributed by atoms with E-state index in [0.717, 1.165) is 26.1 Å². The topological polar surface area (TPSA) is 47.3 Å². The van der Waals surface area contributed by atoms with Crippen molar-refractivity contribution in [3.8, 4) is 0 Å². The van der Waals surface area contributed by atoms with Crippen molar-refractivity contribution in [3.05, 3.63) is 35.4 Å². The standard InChI is InChI=1S/C15H22N2O/c16-17-14(7-11-5-6-18-10-11)9-13-8-12-3-1-2-4-15(12)13/h1-4,11,13-14,17H,5-10,16H2. The molecule has 1 aliphatic heterocycles. The van der Waals surface area contributed by atoms with E-state index >= 15 is 0 Å². The Morgan fingerprint density at radius 3 is 2.94 bits per heavy atom. The first kappa shape index (κ1) is 12.2. The fraction of sp³-hybridized carbons (Fsp3) is 0.600. The van der Waals surface area contributed by atoms with E-state index in [0.29, 0.717) is 17.9 Å². The molecule has 3 N–H and O–H groups in total. The molecule has 1 aromatic carbocycles. The molecule has 1 aromatic rings. The molecular weight excluding hydrogens is 224 g/mol. The predicted molar refractivity (Wildman–Crippen MR) is 72.2 cm³/mol. The second-order valence-corrected chi connectivity index (χ2v) is 5.66. The smallest absolute Gasteiger partial charge is 0.0495 e. The summed E-state index contributed by atoms with van der Waals surface area (Å²) in [6.45, 7) is 1.84. The summed E-state index contributed by atoms with van der Waals surface area (Å²) in [5.41, 5.74) is 6.05. The Hall–Kier alpha value is -0.900. The first-order valence-electron chi connectivity index (χ1n) is 6.98. The number of fused-ring (bicyclic) bond motifs is 1. The Bertz CT molecular complexity index is 401. The summed E-state index contributed by atoms with van der Waals surface area (Å²) in [6.07, 6.45) is 4.72. The molecule has 3 rings (SSSR count). The molecule has 0 aromatic heterocycles. The Kier molecular flexibility index (Phi) is 3.64. The number of ether oxygens (including phenoxy) is 1. The van der Waals surface area contributed by atoms with Gasteiger partial charge in [0.1, 0.15) is 0 Å². The van der Waals surface area contributed by atoms with E-state index in [-0.39, 0.29) is 0 Å². The van der Waals surface area contributed by atoms with Gasteiger partial charge in [-0.3, -0.25) is 11.3 Å². The number of nitrogens with one attached hydrogen (secondary N) is 1. The summed E-state index contributed by atoms with van der Waals surface area (Å²) in [6, 6.07) is 9.19. The zero-order valence-corrected chi connectivity index (χ0v) is 10.8. The lowest BCUT2D eigenvalue weighted by molar-refractivity contribution is 0.180. The largest absolute Gasteiger partial charge is 0.381 e. The Morgan fingerprint density at radius 2 is 2.22 bits per heavy atom. The third-order valence-corrected chi connectivity index (χ3v) is 4.41. The normalized spacial score (nSPS) is 27.6. The van der Waals surface area contributed by atoms with Gasteiger partial charge in [-0.15, -0.1) is 0 Å². The highest BCUT2D eigenvalue weighted by Crippen LogP contribution is 2.38. The second kappa shape index (κ2) is 5.39. The van der Waals surface area contributed by atoms with Gasteiger partial charge in [-0.05, 0) is 48.6 Å². The Labute approximate surface area is 109 Å². The highest BCUT2D eigenvalue weighted by atomic mass is 16.5. The first-order valence-corrected chi connectivity index (χ1v) is 6.98. The van der Waals surface area contributed by atoms with Crippen LogP contribution in [0.3, 0.4) is 0 Å². The molecule has 1 aliphatic carbocycles. The van der Waals surface area contributed by atoms with Crippen LogP contribution in [0.4, 0.5) is 0 Å². The minimum Gasteiger partial charge on any atom is -0.381 e. The maximum atomic E-state index is 5.71. The van der Waals surface area contributed by atoms with Crippen LogP contribution in [0, 0.1) is 5.92 Å². The van der Waals surface area contributed by atoms with E-state index in [1.807, 2.05) is 0 Å². The molecule has 98 valence electrons. The van der Waals surface area contributed by atoms with Crippen molar-refractivity contribution in [3.63, 3.8) is 0 Å². The number of benzene rings is 1. The van der Waals surface area contributed by atoms with Gasteiger partial charge < -0.3 is 4.74 Å². The molecule has 0 bridgehead atoms. The number of hydrogen-bond acceptors (Lipinski definition) is 3. The van der Waals surface area contributed by atoms with Crippen molar-refractivity contribution in [2.75, 3.05) is 13.2 Å². The molecule has 0 amide bonds. The molecule has 18 heavy (non-hydrogen) atoms. The van der Waals surface area contributed by atoms with Gasteiger partial charge in [0.15, 0.2) is 0 Å². The van der Waals surface area contributed by atoms with Crippen LogP contribution in [0.15, 0.2) is 24.3 Å². The van der Waals surface area contributed by atoms with Crippen LogP contribution in [0.2, 0.25) is 0 Å². The van der Waals surface area contributed by atoms with E-state index in [2.05, 4.69) is 29.7 Å². The molecule has 1 saturated heterocycles. The van der Waals surface area contributed by atoms with Crippen LogP contribution in [0.5, 0.6) is 0 Å². The molecule has 1 fully saturated rings. The van der Waals surface area contributed by atoms with Gasteiger partial charge in [0, 0.05) is 19.3 Å². The molecule has 3 atom stereocenters. The van der Waals surface area contributed by atoms with Gasteiger partial charge in [-0.25, -0.2) is 0 Å². The monoisotopic (exact) mass is 246 g/mol. The third-order valence-electron chi connectivity index (χ3n) is 4.41. The quantitative estimate of drug-likeness (QED) is 0.617. The summed E-state index contributed by atoms with van der Waals surface area (Å²) >= 11 is 0. The summed E-state index contributed by atoms with van der Waals surface area (Å²) in [5, 5.41) is 0. The van der Waals surface area contributed by atoms with Gasteiger partial charge in [0.2, 0.25) is 0 Å². The van der Waals surface area contributed by atoms with Gasteiger partial charge in [-0.1, -0.05) is 24.3 Å². The minimum absolute atomic E-state index is 0.426. The van der Waals surface area contributed by atoms with Crippen molar-refractivity contribution in [2.45, 2.75) is 37.6 Å². The molecule has 0 spiro atoms. The predicted octanol–water partition coefficient (Wildman–Crippen LogP) is 1.97. The van der Waals surface area contributed by atoms with Crippen LogP contribution in [-0.4, -0.2) is 19.3 Å². The van der Waals surface area contributed by atoms with Crippen molar-refractivity contribution in [1.29, 1.82) is 0 Å². The maximum Gasteiger partial charge on any atom is 0.0495 e. The fourth-order valence-corrected chi connectivity index (χ4v) is 3.32. The molecule has 0 saturated carbocycles. The number of hydrazine groups is 1. The van der Waals surface area contributed by atoms with E-state index in [1.165, 1.54) is 24.0 Å². The highest BCUT2D eigenvalue weighted by Gasteiger charge is 2.29. The number of nitrogens with two attached hydrogens (primary N) is 1. The molecule has 3 unspecified atom stereocenters. The number of hydrogen-bond donors (Lipinski definition) is 2. The lowest BCUT2D eigenvalue weighted by atomic mass is 9.73. The molecule has 3 nitrogen and oxygen atoms in total. The average Bonchev–Trinajstić information content (AvgIpc) is 2.87. The van der Waals surface area contributed by atoms with Crippen molar-refractivity contribution in [1.82, 2.24) is 5.43 Å². The molecule has 2 aliphatic rings. The van der Waals surface area contributed by atoms with E-state index in [4.69, 9.17) is 10.6 Å². The highest BCUT2D eigenvalue weighted by molar-refractivity contribution is 5.39. The first-order chi connectivity index (χ1) is 8.86. The zero-order valence-electron chi connectivity index (χ0n) is 10.8. The van der Waals surface area contributed by atoms with Gasteiger partial charge in [-0.2, -0.15) is 0 Å². The van der Waals surface area contributed by atoms with Crippen LogP contribution < -0.4 is 11.3 Å². The Morgan fingerprint density at radius 1 is 1.33 bits per heavy atom. The molecule has 3 heteroatoms. The summed E-state index contributed by atoms with van der Waals surface area (Å²) < 4.78 is 5.44. The van der Waals surface area contributed by atoms with Crippen LogP contribution in [0.1, 0.15) is 36.3 Å². The van der Waals surface area contributed by atoms with Crippen molar-refractivity contribution < 1.29 is 4.74 Å². The van der Waals surface area contributed by atoms with Gasteiger partial charge in [0.05, 0.1) is 0 Å². The van der Waals surface area contributed by atoms with E-state index < -0.39 is 0 Å². The van der Waals surface area contributed by atoms with E-state index in [9.17, 15) is 0 Å². The van der Waals surface area contributed by atoms with Crippen LogP contribution >= 0.6 is 0 Å². The SMILES string of the molecule is NNC(CC1CCOC1)CC1Cc2ccccc21. The average molecular weight is 246 g/mol. The summed E-state index contributed by atoms with van der Waals surface area (Å²) in [5.74, 6) is 7.10. The lowest BCUT2D eigenvalue weighted by Crippen LogP contribution is -2.39.